The maximum Gasteiger partial charge on any atom is 0.409 e. The number of aliphatic imine (C=N–C) groups is 1. The molecule has 0 atom stereocenters. The van der Waals surface area contributed by atoms with Gasteiger partial charge in [-0.25, -0.2) is 15.6 Å². The molecule has 0 aromatic rings. The minimum atomic E-state index is -0.239. The lowest BCUT2D eigenvalue weighted by Gasteiger charge is -2.32. The van der Waals surface area contributed by atoms with Crippen LogP contribution in [-0.2, 0) is 9.47 Å². The van der Waals surface area contributed by atoms with Gasteiger partial charge in [0, 0.05) is 26.2 Å². The molecule has 1 aliphatic heterocycles. The molecule has 8 nitrogen and oxygen atoms in total. The Morgan fingerprint density at radius 1 is 1.45 bits per heavy atom. The largest absolute Gasteiger partial charge is 0.450 e. The highest BCUT2D eigenvalue weighted by molar-refractivity contribution is 5.79. The fourth-order valence-electron chi connectivity index (χ4n) is 2.00. The molecule has 116 valence electrons. The average molecular weight is 287 g/mol. The lowest BCUT2D eigenvalue weighted by atomic mass is 10.1. The Morgan fingerprint density at radius 2 is 2.15 bits per heavy atom. The summed E-state index contributed by atoms with van der Waals surface area (Å²) in [5, 5.41) is 3.24. The Kier molecular flexibility index (Phi) is 7.74. The van der Waals surface area contributed by atoms with Gasteiger partial charge in [-0.15, -0.1) is 0 Å². The van der Waals surface area contributed by atoms with Crippen LogP contribution in [0.3, 0.4) is 0 Å². The molecule has 1 amide bonds. The van der Waals surface area contributed by atoms with Gasteiger partial charge in [0.2, 0.25) is 5.96 Å². The third kappa shape index (κ3) is 5.62. The first-order valence-electron chi connectivity index (χ1n) is 6.89. The Bertz CT molecular complexity index is 316. The number of carbonyl (C=O) groups is 1. The average Bonchev–Trinajstić information content (AvgIpc) is 2.47. The van der Waals surface area contributed by atoms with E-state index in [9.17, 15) is 4.79 Å². The van der Waals surface area contributed by atoms with E-state index in [1.807, 2.05) is 6.92 Å². The van der Waals surface area contributed by atoms with Crippen molar-refractivity contribution in [2.24, 2.45) is 10.8 Å². The van der Waals surface area contributed by atoms with Crippen molar-refractivity contribution < 1.29 is 14.3 Å². The fourth-order valence-corrected chi connectivity index (χ4v) is 2.00. The van der Waals surface area contributed by atoms with E-state index in [1.54, 1.807) is 12.0 Å². The van der Waals surface area contributed by atoms with Gasteiger partial charge >= 0.3 is 6.09 Å². The summed E-state index contributed by atoms with van der Waals surface area (Å²) in [7, 11) is 1.63. The highest BCUT2D eigenvalue weighted by atomic mass is 16.6. The van der Waals surface area contributed by atoms with Crippen molar-refractivity contribution in [2.75, 3.05) is 40.0 Å². The Morgan fingerprint density at radius 3 is 2.70 bits per heavy atom. The number of rotatable bonds is 5. The number of ether oxygens (including phenoxy) is 2. The van der Waals surface area contributed by atoms with Crippen molar-refractivity contribution in [1.82, 2.24) is 15.6 Å². The van der Waals surface area contributed by atoms with Crippen LogP contribution < -0.4 is 16.6 Å². The summed E-state index contributed by atoms with van der Waals surface area (Å²) in [5.74, 6) is 5.97. The summed E-state index contributed by atoms with van der Waals surface area (Å²) in [5.41, 5.74) is 2.54. The van der Waals surface area contributed by atoms with Crippen molar-refractivity contribution in [3.05, 3.63) is 0 Å². The third-order valence-corrected chi connectivity index (χ3v) is 3.06. The molecule has 0 aromatic carbocycles. The summed E-state index contributed by atoms with van der Waals surface area (Å²) in [4.78, 5) is 17.5. The number of nitrogens with one attached hydrogen (secondary N) is 2. The number of likely N-dealkylation sites (tertiary alicyclic amines) is 1. The molecule has 8 heteroatoms. The second kappa shape index (κ2) is 9.38. The van der Waals surface area contributed by atoms with E-state index in [0.717, 1.165) is 12.8 Å². The topological polar surface area (TPSA) is 101 Å². The van der Waals surface area contributed by atoms with E-state index in [2.05, 4.69) is 15.7 Å². The molecule has 0 aromatic heterocycles. The van der Waals surface area contributed by atoms with Crippen molar-refractivity contribution in [2.45, 2.75) is 25.8 Å². The number of hydrazine groups is 1. The lowest BCUT2D eigenvalue weighted by Crippen LogP contribution is -2.51. The first-order chi connectivity index (χ1) is 9.71. The molecule has 0 saturated carbocycles. The third-order valence-electron chi connectivity index (χ3n) is 3.06. The number of piperidine rings is 1. The quantitative estimate of drug-likeness (QED) is 0.210. The Hall–Kier alpha value is -1.54. The van der Waals surface area contributed by atoms with E-state index >= 15 is 0 Å². The van der Waals surface area contributed by atoms with E-state index < -0.39 is 0 Å². The summed E-state index contributed by atoms with van der Waals surface area (Å²) in [6.45, 7) is 4.66. The van der Waals surface area contributed by atoms with Crippen LogP contribution in [0.4, 0.5) is 4.79 Å². The number of nitrogens with two attached hydrogens (primary N) is 1. The van der Waals surface area contributed by atoms with E-state index in [4.69, 9.17) is 15.3 Å². The normalized spacial score (nSPS) is 16.9. The number of guanidine groups is 1. The number of hydrogen-bond acceptors (Lipinski definition) is 5. The molecular weight excluding hydrogens is 262 g/mol. The molecule has 1 rings (SSSR count). The zero-order valence-electron chi connectivity index (χ0n) is 12.2. The second-order valence-corrected chi connectivity index (χ2v) is 4.47. The lowest BCUT2D eigenvalue weighted by molar-refractivity contribution is 0.0963. The van der Waals surface area contributed by atoms with Crippen LogP contribution in [0.1, 0.15) is 19.8 Å². The highest BCUT2D eigenvalue weighted by Crippen LogP contribution is 2.11. The molecule has 1 saturated heterocycles. The van der Waals surface area contributed by atoms with Gasteiger partial charge in [0.15, 0.2) is 0 Å². The molecule has 0 unspecified atom stereocenters. The minimum Gasteiger partial charge on any atom is -0.450 e. The van der Waals surface area contributed by atoms with E-state index in [-0.39, 0.29) is 12.1 Å². The van der Waals surface area contributed by atoms with Crippen LogP contribution in [0.15, 0.2) is 4.99 Å². The monoisotopic (exact) mass is 287 g/mol. The van der Waals surface area contributed by atoms with Gasteiger partial charge in [0.05, 0.1) is 19.8 Å². The second-order valence-electron chi connectivity index (χ2n) is 4.47. The fraction of sp³-hybridized carbons (Fsp3) is 0.833. The molecule has 20 heavy (non-hydrogen) atoms. The number of amides is 1. The summed E-state index contributed by atoms with van der Waals surface area (Å²) < 4.78 is 9.91. The van der Waals surface area contributed by atoms with Crippen molar-refractivity contribution >= 4 is 12.1 Å². The number of carbonyl (C=O) groups excluding carboxylic acids is 1. The summed E-state index contributed by atoms with van der Waals surface area (Å²) in [6, 6.07) is 0.248. The zero-order valence-corrected chi connectivity index (χ0v) is 12.2. The molecule has 0 radical (unpaired) electrons. The van der Waals surface area contributed by atoms with Crippen molar-refractivity contribution in [3.63, 3.8) is 0 Å². The van der Waals surface area contributed by atoms with E-state index in [0.29, 0.717) is 38.8 Å². The van der Waals surface area contributed by atoms with Crippen LogP contribution in [0.5, 0.6) is 0 Å². The van der Waals surface area contributed by atoms with Gasteiger partial charge < -0.3 is 19.7 Å². The molecule has 1 fully saturated rings. The maximum atomic E-state index is 11.6. The van der Waals surface area contributed by atoms with Crippen LogP contribution in [-0.4, -0.2) is 63.0 Å². The molecule has 0 bridgehead atoms. The van der Waals surface area contributed by atoms with Crippen LogP contribution in [0.2, 0.25) is 0 Å². The Balaban J connectivity index is 2.33. The first kappa shape index (κ1) is 16.5. The van der Waals surface area contributed by atoms with Gasteiger partial charge in [-0.2, -0.15) is 0 Å². The molecule has 4 N–H and O–H groups in total. The van der Waals surface area contributed by atoms with Crippen molar-refractivity contribution in [1.29, 1.82) is 0 Å². The van der Waals surface area contributed by atoms with Gasteiger partial charge in [0.25, 0.3) is 0 Å². The molecular formula is C12H25N5O3. The summed E-state index contributed by atoms with van der Waals surface area (Å²) in [6.07, 6.45) is 1.44. The Labute approximate surface area is 119 Å². The van der Waals surface area contributed by atoms with Crippen LogP contribution >= 0.6 is 0 Å². The van der Waals surface area contributed by atoms with Crippen LogP contribution in [0, 0.1) is 0 Å². The SMILES string of the molecule is CCOC(=O)N1CCC(NC(=NCCOC)NN)CC1. The molecule has 1 heterocycles. The minimum absolute atomic E-state index is 0.239. The van der Waals surface area contributed by atoms with E-state index in [1.165, 1.54) is 0 Å². The van der Waals surface area contributed by atoms with Crippen LogP contribution in [0.25, 0.3) is 0 Å². The molecule has 1 aliphatic rings. The molecule has 0 aliphatic carbocycles. The number of methoxy groups -OCH3 is 1. The maximum absolute atomic E-state index is 11.6. The standard InChI is InChI=1S/C12H25N5O3/c1-3-20-12(18)17-7-4-10(5-8-17)15-11(16-13)14-6-9-19-2/h10H,3-9,13H2,1-2H3,(H2,14,15,16). The first-order valence-corrected chi connectivity index (χ1v) is 6.89. The zero-order chi connectivity index (χ0) is 14.8. The highest BCUT2D eigenvalue weighted by Gasteiger charge is 2.23. The van der Waals surface area contributed by atoms with Gasteiger partial charge in [-0.3, -0.25) is 5.43 Å². The van der Waals surface area contributed by atoms with Gasteiger partial charge in [-0.1, -0.05) is 0 Å². The predicted octanol–water partition coefficient (Wildman–Crippen LogP) is -0.337. The smallest absolute Gasteiger partial charge is 0.409 e. The predicted molar refractivity (Wildman–Crippen MR) is 76.3 cm³/mol. The van der Waals surface area contributed by atoms with Crippen molar-refractivity contribution in [3.8, 4) is 0 Å². The van der Waals surface area contributed by atoms with Gasteiger partial charge in [0.1, 0.15) is 0 Å². The molecule has 0 spiro atoms. The van der Waals surface area contributed by atoms with Gasteiger partial charge in [-0.05, 0) is 19.8 Å². The number of nitrogens with zero attached hydrogens (tertiary/aromatic N) is 2. The number of hydrogen-bond donors (Lipinski definition) is 3. The summed E-state index contributed by atoms with van der Waals surface area (Å²) >= 11 is 0.